The average molecular weight is 496 g/mol. The van der Waals surface area contributed by atoms with Crippen LogP contribution < -0.4 is 10.1 Å². The third-order valence-electron chi connectivity index (χ3n) is 5.75. The van der Waals surface area contributed by atoms with Crippen LogP contribution in [0, 0.1) is 0 Å². The lowest BCUT2D eigenvalue weighted by Crippen LogP contribution is -2.36. The molecule has 8 nitrogen and oxygen atoms in total. The molecular weight excluding hydrogens is 470 g/mol. The minimum Gasteiger partial charge on any atom is -0.495 e. The number of carbonyl (C=O) groups excluding carboxylic acids is 1. The van der Waals surface area contributed by atoms with Crippen molar-refractivity contribution in [3.8, 4) is 23.0 Å². The van der Waals surface area contributed by atoms with E-state index in [0.717, 1.165) is 23.5 Å². The van der Waals surface area contributed by atoms with Crippen LogP contribution in [0.4, 0.5) is 0 Å². The average Bonchev–Trinajstić information content (AvgIpc) is 3.64. The number of benzene rings is 1. The molecule has 3 heterocycles. The number of amides is 1. The van der Waals surface area contributed by atoms with Crippen molar-refractivity contribution in [2.75, 3.05) is 7.11 Å². The van der Waals surface area contributed by atoms with Gasteiger partial charge in [-0.3, -0.25) is 9.36 Å². The van der Waals surface area contributed by atoms with E-state index in [1.165, 1.54) is 42.4 Å². The van der Waals surface area contributed by atoms with E-state index in [1.807, 2.05) is 46.3 Å². The van der Waals surface area contributed by atoms with E-state index in [2.05, 4.69) is 20.5 Å². The molecule has 34 heavy (non-hydrogen) atoms. The number of aromatic nitrogens is 4. The summed E-state index contributed by atoms with van der Waals surface area (Å²) in [6.45, 7) is 0. The molecule has 176 valence electrons. The number of hydrogen-bond donors (Lipinski definition) is 1. The number of ether oxygens (including phenoxy) is 1. The monoisotopic (exact) mass is 495 g/mol. The van der Waals surface area contributed by atoms with Crippen LogP contribution in [0.3, 0.4) is 0 Å². The van der Waals surface area contributed by atoms with Crippen LogP contribution in [-0.4, -0.2) is 38.8 Å². The first-order valence-electron chi connectivity index (χ1n) is 11.2. The van der Waals surface area contributed by atoms with E-state index in [0.29, 0.717) is 33.9 Å². The highest BCUT2D eigenvalue weighted by atomic mass is 32.2. The maximum atomic E-state index is 12.6. The molecule has 1 aliphatic carbocycles. The molecule has 10 heteroatoms. The fourth-order valence-corrected chi connectivity index (χ4v) is 5.81. The molecule has 0 atom stereocenters. The molecule has 0 saturated heterocycles. The quantitative estimate of drug-likeness (QED) is 0.329. The van der Waals surface area contributed by atoms with Crippen LogP contribution in [0.5, 0.6) is 5.75 Å². The van der Waals surface area contributed by atoms with Gasteiger partial charge in [-0.2, -0.15) is 0 Å². The van der Waals surface area contributed by atoms with Crippen molar-refractivity contribution in [2.24, 2.45) is 0 Å². The van der Waals surface area contributed by atoms with Gasteiger partial charge in [0.15, 0.2) is 10.9 Å². The van der Waals surface area contributed by atoms with Gasteiger partial charge in [-0.1, -0.05) is 43.2 Å². The van der Waals surface area contributed by atoms with Crippen LogP contribution in [0.1, 0.15) is 47.6 Å². The number of hydrogen-bond acceptors (Lipinski definition) is 8. The smallest absolute Gasteiger partial charge is 0.270 e. The van der Waals surface area contributed by atoms with E-state index in [4.69, 9.17) is 9.15 Å². The molecule has 1 N–H and O–H groups in total. The normalized spacial score (nSPS) is 14.3. The topological polar surface area (TPSA) is 95.1 Å². The van der Waals surface area contributed by atoms with Gasteiger partial charge in [-0.25, -0.2) is 4.98 Å². The summed E-state index contributed by atoms with van der Waals surface area (Å²) in [5, 5.41) is 15.3. The van der Waals surface area contributed by atoms with E-state index in [-0.39, 0.29) is 11.9 Å². The summed E-state index contributed by atoms with van der Waals surface area (Å²) in [5.41, 5.74) is 1.30. The highest BCUT2D eigenvalue weighted by Crippen LogP contribution is 2.34. The number of furan rings is 1. The lowest BCUT2D eigenvalue weighted by atomic mass is 9.95. The zero-order valence-electron chi connectivity index (χ0n) is 18.8. The summed E-state index contributed by atoms with van der Waals surface area (Å²) in [5.74, 6) is 2.38. The number of carbonyl (C=O) groups is 1. The number of nitrogens with one attached hydrogen (secondary N) is 1. The van der Waals surface area contributed by atoms with Crippen molar-refractivity contribution >= 4 is 29.0 Å². The molecule has 1 aromatic carbocycles. The molecular formula is C24H25N5O3S2. The van der Waals surface area contributed by atoms with Crippen LogP contribution in [0.2, 0.25) is 0 Å². The lowest BCUT2D eigenvalue weighted by molar-refractivity contribution is 0.0923. The molecule has 3 aromatic heterocycles. The summed E-state index contributed by atoms with van der Waals surface area (Å²) in [4.78, 5) is 17.2. The molecule has 1 fully saturated rings. The van der Waals surface area contributed by atoms with Crippen LogP contribution in [-0.2, 0) is 5.75 Å². The Labute approximate surface area is 205 Å². The Bertz CT molecular complexity index is 1250. The number of nitrogens with zero attached hydrogens (tertiary/aromatic N) is 4. The van der Waals surface area contributed by atoms with Crippen molar-refractivity contribution in [3.05, 3.63) is 58.7 Å². The van der Waals surface area contributed by atoms with Crippen molar-refractivity contribution in [1.29, 1.82) is 0 Å². The van der Waals surface area contributed by atoms with Gasteiger partial charge in [0, 0.05) is 11.4 Å². The van der Waals surface area contributed by atoms with E-state index < -0.39 is 0 Å². The number of thioether (sulfide) groups is 1. The third-order valence-corrected chi connectivity index (χ3v) is 7.72. The number of para-hydroxylation sites is 2. The maximum Gasteiger partial charge on any atom is 0.270 e. The molecule has 0 radical (unpaired) electrons. The SMILES string of the molecule is COc1ccccc1-n1c(SCc2nc(C(=O)NC3CCCCC3)cs2)nnc1-c1ccco1. The largest absolute Gasteiger partial charge is 0.495 e. The Morgan fingerprint density at radius 1 is 1.21 bits per heavy atom. The fraction of sp³-hybridized carbons (Fsp3) is 0.333. The Kier molecular flexibility index (Phi) is 6.96. The van der Waals surface area contributed by atoms with Crippen molar-refractivity contribution in [1.82, 2.24) is 25.1 Å². The third kappa shape index (κ3) is 4.88. The van der Waals surface area contributed by atoms with Crippen molar-refractivity contribution < 1.29 is 13.9 Å². The Morgan fingerprint density at radius 2 is 2.06 bits per heavy atom. The Morgan fingerprint density at radius 3 is 2.85 bits per heavy atom. The first kappa shape index (κ1) is 22.7. The van der Waals surface area contributed by atoms with Gasteiger partial charge in [-0.05, 0) is 37.1 Å². The molecule has 1 amide bonds. The van der Waals surface area contributed by atoms with Gasteiger partial charge >= 0.3 is 0 Å². The Hall–Kier alpha value is -3.11. The highest BCUT2D eigenvalue weighted by Gasteiger charge is 2.22. The van der Waals surface area contributed by atoms with Gasteiger partial charge < -0.3 is 14.5 Å². The van der Waals surface area contributed by atoms with Crippen molar-refractivity contribution in [3.63, 3.8) is 0 Å². The molecule has 5 rings (SSSR count). The van der Waals surface area contributed by atoms with Gasteiger partial charge in [0.05, 0.1) is 24.8 Å². The van der Waals surface area contributed by atoms with Crippen LogP contribution >= 0.6 is 23.1 Å². The maximum absolute atomic E-state index is 12.6. The zero-order chi connectivity index (χ0) is 23.3. The Balaban J connectivity index is 1.35. The summed E-state index contributed by atoms with van der Waals surface area (Å²) in [7, 11) is 1.64. The van der Waals surface area contributed by atoms with Gasteiger partial charge in [-0.15, -0.1) is 21.5 Å². The molecule has 0 unspecified atom stereocenters. The molecule has 4 aromatic rings. The molecule has 0 spiro atoms. The minimum absolute atomic E-state index is 0.0864. The highest BCUT2D eigenvalue weighted by molar-refractivity contribution is 7.98. The molecule has 1 saturated carbocycles. The second-order valence-electron chi connectivity index (χ2n) is 8.01. The van der Waals surface area contributed by atoms with Gasteiger partial charge in [0.2, 0.25) is 5.82 Å². The van der Waals surface area contributed by atoms with Crippen LogP contribution in [0.25, 0.3) is 17.3 Å². The van der Waals surface area contributed by atoms with Gasteiger partial charge in [0.1, 0.15) is 16.5 Å². The summed E-state index contributed by atoms with van der Waals surface area (Å²) < 4.78 is 13.1. The fourth-order valence-electron chi connectivity index (χ4n) is 4.07. The van der Waals surface area contributed by atoms with Gasteiger partial charge in [0.25, 0.3) is 5.91 Å². The second-order valence-corrected chi connectivity index (χ2v) is 9.90. The molecule has 1 aliphatic rings. The van der Waals surface area contributed by atoms with E-state index in [1.54, 1.807) is 13.4 Å². The zero-order valence-corrected chi connectivity index (χ0v) is 20.4. The summed E-state index contributed by atoms with van der Waals surface area (Å²) in [6.07, 6.45) is 7.32. The number of rotatable bonds is 8. The molecule has 0 aliphatic heterocycles. The van der Waals surface area contributed by atoms with E-state index in [9.17, 15) is 4.79 Å². The predicted octanol–water partition coefficient (Wildman–Crippen LogP) is 5.35. The van der Waals surface area contributed by atoms with Crippen LogP contribution in [0.15, 0.2) is 57.6 Å². The standard InChI is InChI=1S/C24H25N5O3S2/c1-31-19-11-6-5-10-18(19)29-22(20-12-7-13-32-20)27-28-24(29)34-15-21-26-17(14-33-21)23(30)25-16-8-3-2-4-9-16/h5-7,10-14,16H,2-4,8-9,15H2,1H3,(H,25,30). The minimum atomic E-state index is -0.0864. The summed E-state index contributed by atoms with van der Waals surface area (Å²) in [6, 6.07) is 11.6. The second kappa shape index (κ2) is 10.4. The number of thiazole rings is 1. The summed E-state index contributed by atoms with van der Waals surface area (Å²) >= 11 is 2.98. The number of methoxy groups -OCH3 is 1. The molecule has 0 bridgehead atoms. The predicted molar refractivity (Wildman–Crippen MR) is 132 cm³/mol. The first-order valence-corrected chi connectivity index (χ1v) is 13.1. The van der Waals surface area contributed by atoms with E-state index >= 15 is 0 Å². The first-order chi connectivity index (χ1) is 16.7. The van der Waals surface area contributed by atoms with Crippen molar-refractivity contribution in [2.45, 2.75) is 49.1 Å². The lowest BCUT2D eigenvalue weighted by Gasteiger charge is -2.22.